The summed E-state index contributed by atoms with van der Waals surface area (Å²) in [6.07, 6.45) is 2.40. The summed E-state index contributed by atoms with van der Waals surface area (Å²) in [5.74, 6) is -0.160. The Labute approximate surface area is 176 Å². The van der Waals surface area contributed by atoms with Gasteiger partial charge in [0.15, 0.2) is 13.4 Å². The number of carbonyl (C=O) groups is 1. The van der Waals surface area contributed by atoms with Gasteiger partial charge in [0.2, 0.25) is 5.91 Å². The summed E-state index contributed by atoms with van der Waals surface area (Å²) >= 11 is 5.56. The Bertz CT molecular complexity index is 757. The minimum atomic E-state index is -1.96. The second-order valence-electron chi connectivity index (χ2n) is 9.21. The molecule has 0 spiro atoms. The molecule has 1 N–H and O–H groups in total. The number of rotatable bonds is 6. The van der Waals surface area contributed by atoms with Gasteiger partial charge in [0.1, 0.15) is 0 Å². The number of β-lactam (4-membered cyclic amide) rings is 1. The molecule has 0 aliphatic carbocycles. The van der Waals surface area contributed by atoms with Crippen molar-refractivity contribution in [1.82, 2.24) is 4.90 Å². The van der Waals surface area contributed by atoms with Crippen molar-refractivity contribution >= 4 is 37.2 Å². The Balaban J connectivity index is 2.13. The third kappa shape index (κ3) is 4.73. The summed E-state index contributed by atoms with van der Waals surface area (Å²) in [6, 6.07) is 7.94. The number of carbonyl (C=O) groups excluding carboxylic acids is 1. The highest BCUT2D eigenvalue weighted by molar-refractivity contribution is 7.80. The molecule has 0 radical (unpaired) electrons. The van der Waals surface area contributed by atoms with E-state index >= 15 is 0 Å². The number of nitrogens with zero attached hydrogens (tertiary/aromatic N) is 1. The second kappa shape index (κ2) is 8.47. The molecule has 6 heteroatoms. The zero-order valence-corrected chi connectivity index (χ0v) is 20.0. The molecular weight excluding hydrogens is 384 g/mol. The third-order valence-electron chi connectivity index (χ3n) is 5.96. The average Bonchev–Trinajstić information content (AvgIpc) is 2.52. The van der Waals surface area contributed by atoms with Gasteiger partial charge in [-0.25, -0.2) is 0 Å². The summed E-state index contributed by atoms with van der Waals surface area (Å²) in [6.45, 7) is 19.0. The van der Waals surface area contributed by atoms with E-state index in [1.54, 1.807) is 4.90 Å². The van der Waals surface area contributed by atoms with Crippen LogP contribution in [0.25, 0.3) is 0 Å². The topological polar surface area (TPSA) is 41.6 Å². The highest BCUT2D eigenvalue weighted by Gasteiger charge is 2.53. The lowest BCUT2D eigenvalue weighted by Crippen LogP contribution is -2.67. The fourth-order valence-electron chi connectivity index (χ4n) is 3.38. The Morgan fingerprint density at radius 2 is 2.07 bits per heavy atom. The highest BCUT2D eigenvalue weighted by atomic mass is 32.1. The first-order valence-corrected chi connectivity index (χ1v) is 13.2. The molecule has 1 aliphatic rings. The van der Waals surface area contributed by atoms with Gasteiger partial charge in [-0.2, -0.15) is 0 Å². The van der Waals surface area contributed by atoms with Crippen LogP contribution >= 0.6 is 12.2 Å². The Kier molecular flexibility index (Phi) is 6.89. The molecule has 1 saturated heterocycles. The number of aryl methyl sites for hydroxylation is 1. The molecular formula is C22H34N2O2SSi. The van der Waals surface area contributed by atoms with Crippen LogP contribution in [0.1, 0.15) is 39.7 Å². The average molecular weight is 419 g/mol. The second-order valence-corrected chi connectivity index (χ2v) is 14.4. The van der Waals surface area contributed by atoms with Gasteiger partial charge in [-0.1, -0.05) is 39.0 Å². The molecule has 0 unspecified atom stereocenters. The highest BCUT2D eigenvalue weighted by Crippen LogP contribution is 2.41. The van der Waals surface area contributed by atoms with Crippen LogP contribution < -0.4 is 5.32 Å². The van der Waals surface area contributed by atoms with E-state index in [0.29, 0.717) is 11.5 Å². The summed E-state index contributed by atoms with van der Waals surface area (Å²) < 4.78 is 6.51. The van der Waals surface area contributed by atoms with Crippen LogP contribution in [-0.4, -0.2) is 36.4 Å². The Morgan fingerprint density at radius 1 is 1.43 bits per heavy atom. The number of hydrogen-bond acceptors (Lipinski definition) is 3. The molecule has 1 aromatic rings. The van der Waals surface area contributed by atoms with Gasteiger partial charge >= 0.3 is 0 Å². The number of hydrogen-bond donors (Lipinski definition) is 1. The molecule has 1 amide bonds. The first-order valence-electron chi connectivity index (χ1n) is 9.88. The van der Waals surface area contributed by atoms with Crippen LogP contribution in [-0.2, 0) is 9.22 Å². The van der Waals surface area contributed by atoms with E-state index < -0.39 is 8.32 Å². The van der Waals surface area contributed by atoms with Gasteiger partial charge in [-0.05, 0) is 68.3 Å². The largest absolute Gasteiger partial charge is 0.413 e. The lowest BCUT2D eigenvalue weighted by molar-refractivity contribution is -0.153. The number of likely N-dealkylation sites (tertiary alicyclic amines) is 1. The van der Waals surface area contributed by atoms with Crippen LogP contribution in [0, 0.1) is 12.8 Å². The van der Waals surface area contributed by atoms with E-state index in [9.17, 15) is 4.79 Å². The molecule has 1 aliphatic heterocycles. The van der Waals surface area contributed by atoms with E-state index in [-0.39, 0.29) is 29.0 Å². The molecule has 1 heterocycles. The van der Waals surface area contributed by atoms with Gasteiger partial charge in [0.05, 0.1) is 18.1 Å². The Hall–Kier alpha value is -1.50. The molecule has 28 heavy (non-hydrogen) atoms. The van der Waals surface area contributed by atoms with E-state index in [2.05, 4.69) is 45.8 Å². The van der Waals surface area contributed by atoms with Gasteiger partial charge in [0, 0.05) is 5.69 Å². The summed E-state index contributed by atoms with van der Waals surface area (Å²) in [5, 5.41) is 3.75. The van der Waals surface area contributed by atoms with Crippen LogP contribution in [0.4, 0.5) is 5.69 Å². The van der Waals surface area contributed by atoms with Gasteiger partial charge in [-0.15, -0.1) is 6.58 Å². The van der Waals surface area contributed by atoms with Crippen molar-refractivity contribution < 1.29 is 9.22 Å². The number of amides is 1. The number of nitrogens with one attached hydrogen (secondary N) is 1. The molecule has 0 aromatic heterocycles. The van der Waals surface area contributed by atoms with Crippen molar-refractivity contribution in [2.75, 3.05) is 5.32 Å². The normalized spacial score (nSPS) is 21.1. The lowest BCUT2D eigenvalue weighted by Gasteiger charge is -2.51. The van der Waals surface area contributed by atoms with E-state index in [1.165, 1.54) is 0 Å². The van der Waals surface area contributed by atoms with Crippen molar-refractivity contribution in [3.8, 4) is 0 Å². The number of thiocarbonyl (C=S) groups is 1. The smallest absolute Gasteiger partial charge is 0.236 e. The van der Waals surface area contributed by atoms with Crippen LogP contribution in [0.15, 0.2) is 36.9 Å². The zero-order valence-electron chi connectivity index (χ0n) is 18.2. The molecule has 2 rings (SSSR count). The van der Waals surface area contributed by atoms with Crippen LogP contribution in [0.2, 0.25) is 18.1 Å². The fraction of sp³-hybridized carbons (Fsp3) is 0.545. The summed E-state index contributed by atoms with van der Waals surface area (Å²) in [7, 11) is -1.96. The summed E-state index contributed by atoms with van der Waals surface area (Å²) in [5.41, 5.74) is 2.03. The maximum Gasteiger partial charge on any atom is 0.236 e. The first kappa shape index (κ1) is 22.8. The maximum absolute atomic E-state index is 13.0. The van der Waals surface area contributed by atoms with Crippen LogP contribution in [0.3, 0.4) is 0 Å². The molecule has 1 fully saturated rings. The molecule has 4 nitrogen and oxygen atoms in total. The number of benzene rings is 1. The van der Waals surface area contributed by atoms with Crippen molar-refractivity contribution in [2.24, 2.45) is 5.92 Å². The minimum Gasteiger partial charge on any atom is -0.413 e. The van der Waals surface area contributed by atoms with Gasteiger partial charge in [0.25, 0.3) is 0 Å². The molecule has 0 saturated carbocycles. The molecule has 154 valence electrons. The zero-order chi connectivity index (χ0) is 21.3. The standard InChI is InChI=1S/C22H34N2O2SSi/c1-9-11-18-19(16(3)26-28(7,8)22(4,5)6)20(25)24(18)21(27)23-17-13-10-12-15(2)14-17/h9-10,12-14,16,18-19H,1,11H2,2-8H3,(H,23,27)/t16-,18-,19-/m1/s1. The van der Waals surface area contributed by atoms with Crippen molar-refractivity contribution in [1.29, 1.82) is 0 Å². The quantitative estimate of drug-likeness (QED) is 0.286. The molecule has 1 aromatic carbocycles. The predicted molar refractivity (Wildman–Crippen MR) is 124 cm³/mol. The Morgan fingerprint density at radius 3 is 2.61 bits per heavy atom. The van der Waals surface area contributed by atoms with E-state index in [4.69, 9.17) is 16.6 Å². The van der Waals surface area contributed by atoms with Gasteiger partial charge < -0.3 is 9.74 Å². The van der Waals surface area contributed by atoms with Crippen molar-refractivity contribution in [3.63, 3.8) is 0 Å². The van der Waals surface area contributed by atoms with Crippen molar-refractivity contribution in [3.05, 3.63) is 42.5 Å². The lowest BCUT2D eigenvalue weighted by atomic mass is 9.82. The fourth-order valence-corrected chi connectivity index (χ4v) is 5.15. The van der Waals surface area contributed by atoms with Crippen LogP contribution in [0.5, 0.6) is 0 Å². The van der Waals surface area contributed by atoms with Gasteiger partial charge in [-0.3, -0.25) is 9.69 Å². The van der Waals surface area contributed by atoms with Crippen molar-refractivity contribution in [2.45, 2.75) is 71.3 Å². The molecule has 0 bridgehead atoms. The van der Waals surface area contributed by atoms with E-state index in [0.717, 1.165) is 11.3 Å². The first-order chi connectivity index (χ1) is 12.9. The third-order valence-corrected chi connectivity index (χ3v) is 10.8. The summed E-state index contributed by atoms with van der Waals surface area (Å²) in [4.78, 5) is 14.7. The maximum atomic E-state index is 13.0. The minimum absolute atomic E-state index is 0.0189. The SMILES string of the molecule is C=CC[C@@H]1[C@@H]([C@@H](C)O[Si](C)(C)C(C)(C)C)C(=O)N1C(=S)Nc1cccc(C)c1. The monoisotopic (exact) mass is 418 g/mol. The molecule has 3 atom stereocenters. The van der Waals surface area contributed by atoms with E-state index in [1.807, 2.05) is 44.2 Å². The predicted octanol–water partition coefficient (Wildman–Crippen LogP) is 5.51. The number of anilines is 1.